The Morgan fingerprint density at radius 3 is 2.58 bits per heavy atom. The van der Waals surface area contributed by atoms with Crippen molar-refractivity contribution in [1.82, 2.24) is 25.1 Å². The molecule has 2 heterocycles. The SMILES string of the molecule is C=CCn1c(S[C@H](C)C(=O)NCC(=O)Nc2ccc(F)c(F)c2F)nnc1-c1ccncc1. The van der Waals surface area contributed by atoms with Crippen molar-refractivity contribution in [3.63, 3.8) is 0 Å². The molecule has 0 spiro atoms. The molecule has 1 atom stereocenters. The number of rotatable bonds is 9. The van der Waals surface area contributed by atoms with E-state index < -0.39 is 46.7 Å². The van der Waals surface area contributed by atoms with E-state index in [-0.39, 0.29) is 0 Å². The highest BCUT2D eigenvalue weighted by molar-refractivity contribution is 8.00. The van der Waals surface area contributed by atoms with Gasteiger partial charge in [0.2, 0.25) is 11.8 Å². The van der Waals surface area contributed by atoms with Gasteiger partial charge in [0.1, 0.15) is 0 Å². The number of carbonyl (C=O) groups is 2. The fourth-order valence-electron chi connectivity index (χ4n) is 2.72. The van der Waals surface area contributed by atoms with E-state index in [1.165, 1.54) is 0 Å². The number of nitrogens with zero attached hydrogens (tertiary/aromatic N) is 4. The molecule has 0 fully saturated rings. The third-order valence-corrected chi connectivity index (χ3v) is 5.43. The number of anilines is 1. The highest BCUT2D eigenvalue weighted by Crippen LogP contribution is 2.26. The molecule has 172 valence electrons. The van der Waals surface area contributed by atoms with Crippen LogP contribution >= 0.6 is 11.8 Å². The van der Waals surface area contributed by atoms with Gasteiger partial charge in [-0.2, -0.15) is 0 Å². The van der Waals surface area contributed by atoms with Gasteiger partial charge >= 0.3 is 0 Å². The first-order valence-electron chi connectivity index (χ1n) is 9.64. The molecular formula is C21H19F3N6O2S. The Kier molecular flexibility index (Phi) is 7.83. The molecule has 33 heavy (non-hydrogen) atoms. The first-order valence-corrected chi connectivity index (χ1v) is 10.5. The largest absolute Gasteiger partial charge is 0.346 e. The lowest BCUT2D eigenvalue weighted by molar-refractivity contribution is -0.123. The van der Waals surface area contributed by atoms with E-state index in [4.69, 9.17) is 0 Å². The number of hydrogen-bond donors (Lipinski definition) is 2. The van der Waals surface area contributed by atoms with Crippen molar-refractivity contribution in [1.29, 1.82) is 0 Å². The molecule has 1 aromatic carbocycles. The molecule has 0 radical (unpaired) electrons. The number of pyridine rings is 1. The van der Waals surface area contributed by atoms with Gasteiger partial charge in [0, 0.05) is 24.5 Å². The molecule has 0 aliphatic heterocycles. The Morgan fingerprint density at radius 2 is 1.88 bits per heavy atom. The van der Waals surface area contributed by atoms with E-state index >= 15 is 0 Å². The highest BCUT2D eigenvalue weighted by atomic mass is 32.2. The standard InChI is InChI=1S/C21H19F3N6O2S/c1-3-10-30-19(13-6-8-25-9-7-13)28-29-21(30)33-12(2)20(32)26-11-16(31)27-15-5-4-14(22)17(23)18(15)24/h3-9,12H,1,10-11H2,2H3,(H,26,32)(H,27,31)/t12-/m1/s1. The fraction of sp³-hybridized carbons (Fsp3) is 0.190. The van der Waals surface area contributed by atoms with Crippen LogP contribution in [0, 0.1) is 17.5 Å². The van der Waals surface area contributed by atoms with Crippen LogP contribution in [0.2, 0.25) is 0 Å². The van der Waals surface area contributed by atoms with Gasteiger partial charge in [-0.15, -0.1) is 16.8 Å². The second kappa shape index (κ2) is 10.8. The van der Waals surface area contributed by atoms with Gasteiger partial charge in [0.25, 0.3) is 0 Å². The number of amides is 2. The molecule has 0 aliphatic rings. The van der Waals surface area contributed by atoms with Crippen LogP contribution in [0.3, 0.4) is 0 Å². The maximum atomic E-state index is 13.7. The minimum atomic E-state index is -1.70. The topological polar surface area (TPSA) is 102 Å². The average Bonchev–Trinajstić information content (AvgIpc) is 3.20. The zero-order chi connectivity index (χ0) is 24.0. The van der Waals surface area contributed by atoms with Gasteiger partial charge in [0.15, 0.2) is 28.4 Å². The fourth-order valence-corrected chi connectivity index (χ4v) is 3.61. The van der Waals surface area contributed by atoms with Crippen LogP contribution in [0.5, 0.6) is 0 Å². The van der Waals surface area contributed by atoms with Crippen molar-refractivity contribution >= 4 is 29.3 Å². The summed E-state index contributed by atoms with van der Waals surface area (Å²) in [6.45, 7) is 5.26. The van der Waals surface area contributed by atoms with Crippen LogP contribution in [0.25, 0.3) is 11.4 Å². The molecule has 12 heteroatoms. The van der Waals surface area contributed by atoms with E-state index in [0.29, 0.717) is 23.6 Å². The molecule has 0 saturated carbocycles. The predicted octanol–water partition coefficient (Wildman–Crippen LogP) is 3.18. The summed E-state index contributed by atoms with van der Waals surface area (Å²) in [5.41, 5.74) is 0.265. The lowest BCUT2D eigenvalue weighted by Gasteiger charge is -2.13. The highest BCUT2D eigenvalue weighted by Gasteiger charge is 2.21. The maximum absolute atomic E-state index is 13.7. The molecule has 0 aliphatic carbocycles. The Bertz CT molecular complexity index is 1170. The third-order valence-electron chi connectivity index (χ3n) is 4.35. The Labute approximate surface area is 191 Å². The van der Waals surface area contributed by atoms with E-state index in [1.54, 1.807) is 42.1 Å². The van der Waals surface area contributed by atoms with E-state index in [2.05, 4.69) is 32.4 Å². The van der Waals surface area contributed by atoms with Gasteiger partial charge in [-0.1, -0.05) is 17.8 Å². The average molecular weight is 476 g/mol. The number of halogens is 3. The quantitative estimate of drug-likeness (QED) is 0.280. The molecule has 3 rings (SSSR count). The van der Waals surface area contributed by atoms with Gasteiger partial charge in [0.05, 0.1) is 17.5 Å². The summed E-state index contributed by atoms with van der Waals surface area (Å²) in [4.78, 5) is 28.4. The lowest BCUT2D eigenvalue weighted by atomic mass is 10.2. The molecule has 0 saturated heterocycles. The number of hydrogen-bond acceptors (Lipinski definition) is 6. The predicted molar refractivity (Wildman–Crippen MR) is 117 cm³/mol. The van der Waals surface area contributed by atoms with Gasteiger partial charge in [-0.25, -0.2) is 13.2 Å². The van der Waals surface area contributed by atoms with Crippen LogP contribution in [0.15, 0.2) is 54.5 Å². The zero-order valence-corrected chi connectivity index (χ0v) is 18.2. The summed E-state index contributed by atoms with van der Waals surface area (Å²) >= 11 is 1.13. The summed E-state index contributed by atoms with van der Waals surface area (Å²) in [5.74, 6) is -5.30. The smallest absolute Gasteiger partial charge is 0.243 e. The van der Waals surface area contributed by atoms with E-state index in [0.717, 1.165) is 23.4 Å². The molecule has 0 bridgehead atoms. The molecule has 0 unspecified atom stereocenters. The van der Waals surface area contributed by atoms with E-state index in [9.17, 15) is 22.8 Å². The van der Waals surface area contributed by atoms with Crippen molar-refractivity contribution in [2.45, 2.75) is 23.9 Å². The Morgan fingerprint density at radius 1 is 1.15 bits per heavy atom. The Balaban J connectivity index is 1.61. The number of carbonyl (C=O) groups excluding carboxylic acids is 2. The van der Waals surface area contributed by atoms with Gasteiger partial charge in [-0.05, 0) is 31.2 Å². The second-order valence-electron chi connectivity index (χ2n) is 6.69. The summed E-state index contributed by atoms with van der Waals surface area (Å²) in [6.07, 6.45) is 4.93. The molecule has 2 aromatic heterocycles. The lowest BCUT2D eigenvalue weighted by Crippen LogP contribution is -2.37. The summed E-state index contributed by atoms with van der Waals surface area (Å²) in [6, 6.07) is 5.13. The molecule has 8 nitrogen and oxygen atoms in total. The van der Waals surface area contributed by atoms with Crippen molar-refractivity contribution in [3.05, 3.63) is 66.8 Å². The van der Waals surface area contributed by atoms with Crippen molar-refractivity contribution in [3.8, 4) is 11.4 Å². The molecule has 3 aromatic rings. The Hall–Kier alpha value is -3.67. The molecule has 2 N–H and O–H groups in total. The van der Waals surface area contributed by atoms with Crippen molar-refractivity contribution in [2.75, 3.05) is 11.9 Å². The van der Waals surface area contributed by atoms with Gasteiger partial charge in [-0.3, -0.25) is 19.1 Å². The number of allylic oxidation sites excluding steroid dienone is 1. The van der Waals surface area contributed by atoms with Crippen molar-refractivity contribution in [2.24, 2.45) is 0 Å². The minimum absolute atomic E-state index is 0.406. The van der Waals surface area contributed by atoms with Crippen LogP contribution < -0.4 is 10.6 Å². The summed E-state index contributed by atoms with van der Waals surface area (Å²) < 4.78 is 41.7. The zero-order valence-electron chi connectivity index (χ0n) is 17.4. The first kappa shape index (κ1) is 24.0. The number of nitrogens with one attached hydrogen (secondary N) is 2. The summed E-state index contributed by atoms with van der Waals surface area (Å²) in [7, 11) is 0. The number of benzene rings is 1. The molecular weight excluding hydrogens is 457 g/mol. The minimum Gasteiger partial charge on any atom is -0.346 e. The normalized spacial score (nSPS) is 11.6. The third kappa shape index (κ3) is 5.77. The van der Waals surface area contributed by atoms with Crippen molar-refractivity contribution < 1.29 is 22.8 Å². The summed E-state index contributed by atoms with van der Waals surface area (Å²) in [5, 5.41) is 12.6. The van der Waals surface area contributed by atoms with Crippen LogP contribution in [0.4, 0.5) is 18.9 Å². The van der Waals surface area contributed by atoms with Gasteiger partial charge < -0.3 is 10.6 Å². The van der Waals surface area contributed by atoms with E-state index in [1.807, 2.05) is 0 Å². The molecule has 2 amide bonds. The number of aromatic nitrogens is 4. The van der Waals surface area contributed by atoms with Crippen LogP contribution in [-0.4, -0.2) is 43.4 Å². The van der Waals surface area contributed by atoms with Crippen LogP contribution in [0.1, 0.15) is 6.92 Å². The maximum Gasteiger partial charge on any atom is 0.243 e. The first-order chi connectivity index (χ1) is 15.8. The second-order valence-corrected chi connectivity index (χ2v) is 8.00. The monoisotopic (exact) mass is 476 g/mol. The number of thioether (sulfide) groups is 1. The van der Waals surface area contributed by atoms with Crippen LogP contribution in [-0.2, 0) is 16.1 Å².